The monoisotopic (exact) mass is 266 g/mol. The van der Waals surface area contributed by atoms with Gasteiger partial charge in [-0.3, -0.25) is 4.57 Å². The van der Waals surface area contributed by atoms with E-state index in [1.54, 1.807) is 12.3 Å². The number of halogens is 1. The Morgan fingerprint density at radius 3 is 3.17 bits per heavy atom. The van der Waals surface area contributed by atoms with Crippen molar-refractivity contribution in [3.63, 3.8) is 0 Å². The number of rotatable bonds is 2. The summed E-state index contributed by atoms with van der Waals surface area (Å²) in [6, 6.07) is 1.91. The van der Waals surface area contributed by atoms with Crippen molar-refractivity contribution in [3.05, 3.63) is 17.3 Å². The van der Waals surface area contributed by atoms with Gasteiger partial charge in [0.15, 0.2) is 5.65 Å². The zero-order valence-electron chi connectivity index (χ0n) is 10.1. The summed E-state index contributed by atoms with van der Waals surface area (Å²) in [5, 5.41) is 0.567. The van der Waals surface area contributed by atoms with Gasteiger partial charge in [-0.15, -0.1) is 0 Å². The number of ether oxygens (including phenoxy) is 1. The molecule has 3 heterocycles. The average Bonchev–Trinajstić information content (AvgIpc) is 2.94. The highest BCUT2D eigenvalue weighted by Crippen LogP contribution is 2.29. The zero-order valence-corrected chi connectivity index (χ0v) is 10.9. The topological polar surface area (TPSA) is 66.0 Å². The number of fused-ring (bicyclic) bond motifs is 1. The molecule has 0 aliphatic carbocycles. The van der Waals surface area contributed by atoms with E-state index in [0.29, 0.717) is 11.0 Å². The number of nitrogen functional groups attached to an aromatic ring is 1. The summed E-state index contributed by atoms with van der Waals surface area (Å²) in [4.78, 5) is 8.63. The third-order valence-corrected chi connectivity index (χ3v) is 3.64. The van der Waals surface area contributed by atoms with Crippen LogP contribution in [-0.4, -0.2) is 27.2 Å². The lowest BCUT2D eigenvalue weighted by molar-refractivity contribution is 0.0750. The number of nitrogens with zero attached hydrogens (tertiary/aromatic N) is 3. The van der Waals surface area contributed by atoms with E-state index in [1.165, 1.54) is 0 Å². The van der Waals surface area contributed by atoms with Crippen LogP contribution in [0.15, 0.2) is 12.3 Å². The van der Waals surface area contributed by atoms with Crippen LogP contribution in [0, 0.1) is 0 Å². The first-order chi connectivity index (χ1) is 8.66. The lowest BCUT2D eigenvalue weighted by Crippen LogP contribution is -2.22. The molecule has 1 saturated heterocycles. The molecule has 2 atom stereocenters. The molecule has 6 heteroatoms. The van der Waals surface area contributed by atoms with E-state index in [9.17, 15) is 0 Å². The number of anilines is 1. The van der Waals surface area contributed by atoms with E-state index in [0.717, 1.165) is 30.6 Å². The molecule has 1 aliphatic rings. The molecule has 0 bridgehead atoms. The van der Waals surface area contributed by atoms with Crippen LogP contribution in [0.3, 0.4) is 0 Å². The minimum absolute atomic E-state index is 0.131. The van der Waals surface area contributed by atoms with Gasteiger partial charge in [-0.2, -0.15) is 0 Å². The normalized spacial score (nSPS) is 21.6. The molecule has 0 radical (unpaired) electrons. The lowest BCUT2D eigenvalue weighted by atomic mass is 10.1. The molecular formula is C12H15ClN4O. The Kier molecular flexibility index (Phi) is 2.87. The van der Waals surface area contributed by atoms with E-state index in [-0.39, 0.29) is 12.1 Å². The Hall–Kier alpha value is -1.33. The van der Waals surface area contributed by atoms with Crippen molar-refractivity contribution in [1.29, 1.82) is 0 Å². The summed E-state index contributed by atoms with van der Waals surface area (Å²) in [7, 11) is 0. The fraction of sp³-hybridized carbons (Fsp3) is 0.500. The summed E-state index contributed by atoms with van der Waals surface area (Å²) in [6.45, 7) is 2.91. The molecule has 0 saturated carbocycles. The maximum atomic E-state index is 5.99. The van der Waals surface area contributed by atoms with Gasteiger partial charge in [0, 0.05) is 12.8 Å². The largest absolute Gasteiger partial charge is 0.376 e. The highest BCUT2D eigenvalue weighted by atomic mass is 35.5. The van der Waals surface area contributed by atoms with Crippen LogP contribution in [0.4, 0.5) is 5.95 Å². The van der Waals surface area contributed by atoms with E-state index in [4.69, 9.17) is 22.1 Å². The molecule has 18 heavy (non-hydrogen) atoms. The Bertz CT molecular complexity index is 577. The van der Waals surface area contributed by atoms with Crippen LogP contribution in [0.1, 0.15) is 25.8 Å². The molecule has 96 valence electrons. The first-order valence-electron chi connectivity index (χ1n) is 6.07. The first kappa shape index (κ1) is 11.7. The number of hydrogen-bond donors (Lipinski definition) is 1. The summed E-state index contributed by atoms with van der Waals surface area (Å²) >= 11 is 5.91. The van der Waals surface area contributed by atoms with Gasteiger partial charge >= 0.3 is 0 Å². The first-order valence-corrected chi connectivity index (χ1v) is 6.45. The molecule has 5 nitrogen and oxygen atoms in total. The van der Waals surface area contributed by atoms with Crippen LogP contribution in [0.2, 0.25) is 5.02 Å². The van der Waals surface area contributed by atoms with E-state index >= 15 is 0 Å². The highest BCUT2D eigenvalue weighted by molar-refractivity contribution is 6.31. The number of imidazole rings is 1. The van der Waals surface area contributed by atoms with Crippen molar-refractivity contribution in [1.82, 2.24) is 14.5 Å². The van der Waals surface area contributed by atoms with Crippen molar-refractivity contribution >= 4 is 28.7 Å². The Balaban J connectivity index is 2.07. The van der Waals surface area contributed by atoms with E-state index < -0.39 is 0 Å². The van der Waals surface area contributed by atoms with Crippen molar-refractivity contribution in [2.45, 2.75) is 31.9 Å². The van der Waals surface area contributed by atoms with Gasteiger partial charge in [-0.05, 0) is 25.8 Å². The number of pyridine rings is 1. The van der Waals surface area contributed by atoms with Crippen LogP contribution < -0.4 is 5.73 Å². The molecule has 2 aromatic heterocycles. The van der Waals surface area contributed by atoms with Gasteiger partial charge in [-0.25, -0.2) is 9.97 Å². The summed E-state index contributed by atoms with van der Waals surface area (Å²) in [5.41, 5.74) is 7.48. The second-order valence-corrected chi connectivity index (χ2v) is 5.06. The maximum absolute atomic E-state index is 5.99. The van der Waals surface area contributed by atoms with Crippen LogP contribution in [-0.2, 0) is 4.74 Å². The molecule has 2 aromatic rings. The molecule has 0 amide bonds. The van der Waals surface area contributed by atoms with Crippen LogP contribution >= 0.6 is 11.6 Å². The summed E-state index contributed by atoms with van der Waals surface area (Å²) in [6.07, 6.45) is 3.94. The van der Waals surface area contributed by atoms with Gasteiger partial charge in [0.25, 0.3) is 0 Å². The zero-order chi connectivity index (χ0) is 12.7. The second kappa shape index (κ2) is 4.40. The smallest absolute Gasteiger partial charge is 0.202 e. The molecule has 2 N–H and O–H groups in total. The molecule has 1 aliphatic heterocycles. The Labute approximate surface area is 110 Å². The molecular weight excluding hydrogens is 252 g/mol. The van der Waals surface area contributed by atoms with Gasteiger partial charge in [0.1, 0.15) is 5.52 Å². The number of hydrogen-bond acceptors (Lipinski definition) is 4. The minimum Gasteiger partial charge on any atom is -0.376 e. The van der Waals surface area contributed by atoms with Crippen LogP contribution in [0.5, 0.6) is 0 Å². The van der Waals surface area contributed by atoms with Gasteiger partial charge in [-0.1, -0.05) is 11.6 Å². The quantitative estimate of drug-likeness (QED) is 0.906. The molecule has 2 unspecified atom stereocenters. The fourth-order valence-corrected chi connectivity index (χ4v) is 2.68. The van der Waals surface area contributed by atoms with Gasteiger partial charge in [0.2, 0.25) is 5.95 Å². The molecule has 3 rings (SSSR count). The third kappa shape index (κ3) is 1.83. The Morgan fingerprint density at radius 2 is 2.44 bits per heavy atom. The number of aromatic nitrogens is 3. The third-order valence-electron chi connectivity index (χ3n) is 3.43. The van der Waals surface area contributed by atoms with Gasteiger partial charge < -0.3 is 10.5 Å². The summed E-state index contributed by atoms with van der Waals surface area (Å²) < 4.78 is 7.64. The fourth-order valence-electron chi connectivity index (χ4n) is 2.53. The van der Waals surface area contributed by atoms with Crippen LogP contribution in [0.25, 0.3) is 11.2 Å². The predicted octanol–water partition coefficient (Wildman–Crippen LogP) is 2.41. The maximum Gasteiger partial charge on any atom is 0.202 e. The standard InChI is InChI=1S/C12H15ClN4O/c1-7(10-3-2-4-18-10)17-11-9(16-12(17)14)5-8(13)6-15-11/h5-7,10H,2-4H2,1H3,(H2,14,16). The SMILES string of the molecule is CC(C1CCCO1)n1c(N)nc2cc(Cl)cnc21. The molecule has 0 spiro atoms. The van der Waals surface area contributed by atoms with E-state index in [1.807, 2.05) is 4.57 Å². The minimum atomic E-state index is 0.131. The molecule has 0 aromatic carbocycles. The second-order valence-electron chi connectivity index (χ2n) is 4.63. The average molecular weight is 267 g/mol. The van der Waals surface area contributed by atoms with Crippen molar-refractivity contribution < 1.29 is 4.74 Å². The lowest BCUT2D eigenvalue weighted by Gasteiger charge is -2.21. The van der Waals surface area contributed by atoms with Crippen molar-refractivity contribution in [3.8, 4) is 0 Å². The van der Waals surface area contributed by atoms with Gasteiger partial charge in [0.05, 0.1) is 17.2 Å². The number of nitrogens with two attached hydrogens (primary N) is 1. The predicted molar refractivity (Wildman–Crippen MR) is 70.6 cm³/mol. The van der Waals surface area contributed by atoms with Crippen molar-refractivity contribution in [2.24, 2.45) is 0 Å². The van der Waals surface area contributed by atoms with Crippen molar-refractivity contribution in [2.75, 3.05) is 12.3 Å². The Morgan fingerprint density at radius 1 is 1.61 bits per heavy atom. The summed E-state index contributed by atoms with van der Waals surface area (Å²) in [5.74, 6) is 0.461. The highest BCUT2D eigenvalue weighted by Gasteiger charge is 2.26. The molecule has 1 fully saturated rings. The van der Waals surface area contributed by atoms with E-state index in [2.05, 4.69) is 16.9 Å².